The molecule has 0 aromatic heterocycles. The van der Waals surface area contributed by atoms with Gasteiger partial charge in [-0.05, 0) is 12.1 Å². The Morgan fingerprint density at radius 2 is 1.73 bits per heavy atom. The van der Waals surface area contributed by atoms with Crippen LogP contribution in [0, 0.1) is 0 Å². The molecule has 0 unspecified atom stereocenters. The summed E-state index contributed by atoms with van der Waals surface area (Å²) in [6, 6.07) is 6.91. The minimum absolute atomic E-state index is 0.232. The Morgan fingerprint density at radius 3 is 2.00 bits per heavy atom. The van der Waals surface area contributed by atoms with E-state index in [9.17, 15) is 0 Å². The molecule has 0 spiro atoms. The monoisotopic (exact) mass is 174 g/mol. The second-order valence-electron chi connectivity index (χ2n) is 1.62. The summed E-state index contributed by atoms with van der Waals surface area (Å²) in [5.74, 6) is 8.48. The van der Waals surface area contributed by atoms with Crippen LogP contribution in [0.1, 0.15) is 0 Å². The van der Waals surface area contributed by atoms with E-state index in [1.165, 1.54) is 0 Å². The molecule has 0 fully saturated rings. The second kappa shape index (κ2) is 5.99. The molecular weight excluding hydrogens is 164 g/mol. The average molecular weight is 174 g/mol. The molecule has 0 aliphatic rings. The Labute approximate surface area is 70.1 Å². The van der Waals surface area contributed by atoms with E-state index in [1.807, 2.05) is 6.07 Å². The van der Waals surface area contributed by atoms with Crippen LogP contribution < -0.4 is 11.8 Å². The molecule has 0 aliphatic carbocycles. The van der Waals surface area contributed by atoms with Crippen molar-refractivity contribution < 1.29 is 10.0 Å². The Kier molecular flexibility index (Phi) is 5.58. The number of hydrogen-bond donors (Lipinski definition) is 4. The summed E-state index contributed by atoms with van der Waals surface area (Å²) >= 11 is 3.95. The van der Waals surface area contributed by atoms with Gasteiger partial charge in [-0.1, -0.05) is 12.1 Å². The number of hydrogen-bond acceptors (Lipinski definition) is 5. The van der Waals surface area contributed by atoms with Crippen LogP contribution in [0.25, 0.3) is 0 Å². The molecule has 1 aromatic rings. The summed E-state index contributed by atoms with van der Waals surface area (Å²) in [6.45, 7) is 0. The van der Waals surface area contributed by atoms with E-state index in [2.05, 4.69) is 29.4 Å². The fourth-order valence-electron chi connectivity index (χ4n) is 0.464. The van der Waals surface area contributed by atoms with Gasteiger partial charge >= 0.3 is 0 Å². The minimum Gasteiger partial charge on any atom is -0.507 e. The minimum atomic E-state index is 0.232. The van der Waals surface area contributed by atoms with Crippen molar-refractivity contribution >= 4 is 12.6 Å². The van der Waals surface area contributed by atoms with Crippen LogP contribution in [0.5, 0.6) is 5.75 Å². The van der Waals surface area contributed by atoms with Crippen molar-refractivity contribution in [3.8, 4) is 5.75 Å². The summed E-state index contributed by atoms with van der Waals surface area (Å²) in [5.41, 5.74) is 0. The summed E-state index contributed by atoms with van der Waals surface area (Å²) in [6.07, 6.45) is 0. The van der Waals surface area contributed by atoms with Gasteiger partial charge in [0.15, 0.2) is 0 Å². The third kappa shape index (κ3) is 4.63. The first kappa shape index (κ1) is 10.2. The Morgan fingerprint density at radius 1 is 1.27 bits per heavy atom. The molecule has 0 radical (unpaired) electrons. The largest absolute Gasteiger partial charge is 0.507 e. The number of benzene rings is 1. The first-order valence-corrected chi connectivity index (χ1v) is 3.19. The molecule has 11 heavy (non-hydrogen) atoms. The molecule has 5 N–H and O–H groups in total. The van der Waals surface area contributed by atoms with Crippen LogP contribution >= 0.6 is 12.6 Å². The highest BCUT2D eigenvalue weighted by atomic mass is 32.1. The molecule has 0 amide bonds. The van der Waals surface area contributed by atoms with Crippen LogP contribution in [0.4, 0.5) is 0 Å². The number of phenolic OH excluding ortho intramolecular Hbond substituents is 1. The quantitative estimate of drug-likeness (QED) is 0.339. The summed E-state index contributed by atoms with van der Waals surface area (Å²) < 4.78 is 0. The van der Waals surface area contributed by atoms with E-state index < -0.39 is 0 Å². The first-order chi connectivity index (χ1) is 5.22. The highest BCUT2D eigenvalue weighted by Crippen LogP contribution is 2.18. The molecule has 1 aromatic carbocycles. The van der Waals surface area contributed by atoms with Gasteiger partial charge < -0.3 is 5.11 Å². The maximum absolute atomic E-state index is 8.84. The van der Waals surface area contributed by atoms with E-state index >= 15 is 0 Å². The van der Waals surface area contributed by atoms with E-state index in [-0.39, 0.29) is 5.75 Å². The summed E-state index contributed by atoms with van der Waals surface area (Å²) in [7, 11) is 0. The highest BCUT2D eigenvalue weighted by Gasteiger charge is 1.88. The normalized spacial score (nSPS) is 8.27. The Bertz CT molecular complexity index is 187. The number of aromatic hydroxyl groups is 1. The fourth-order valence-corrected chi connectivity index (χ4v) is 0.625. The number of thiol groups is 1. The standard InChI is InChI=1S/C6H6OS.H4N2O/c7-5-3-1-2-4-6(5)8;1-3-2/h1-4,7-8H;1-2H2. The molecule has 0 atom stereocenters. The SMILES string of the molecule is NON.Oc1ccccc1S. The number of phenols is 1. The van der Waals surface area contributed by atoms with Crippen LogP contribution in [-0.2, 0) is 4.94 Å². The van der Waals surface area contributed by atoms with E-state index in [4.69, 9.17) is 5.11 Å². The van der Waals surface area contributed by atoms with Gasteiger partial charge in [-0.2, -0.15) is 11.8 Å². The Balaban J connectivity index is 0.000000292. The van der Waals surface area contributed by atoms with Crippen LogP contribution in [0.2, 0.25) is 0 Å². The topological polar surface area (TPSA) is 81.5 Å². The van der Waals surface area contributed by atoms with Crippen molar-refractivity contribution in [3.05, 3.63) is 24.3 Å². The van der Waals surface area contributed by atoms with Crippen LogP contribution in [0.15, 0.2) is 29.2 Å². The number of para-hydroxylation sites is 1. The van der Waals surface area contributed by atoms with Crippen LogP contribution in [-0.4, -0.2) is 5.11 Å². The van der Waals surface area contributed by atoms with Crippen molar-refractivity contribution in [1.29, 1.82) is 0 Å². The van der Waals surface area contributed by atoms with Gasteiger partial charge in [-0.3, -0.25) is 0 Å². The highest BCUT2D eigenvalue weighted by molar-refractivity contribution is 7.80. The molecule has 0 aliphatic heterocycles. The van der Waals surface area contributed by atoms with Gasteiger partial charge in [0.25, 0.3) is 0 Å². The average Bonchev–Trinajstić information content (AvgIpc) is 1.97. The van der Waals surface area contributed by atoms with Gasteiger partial charge in [0.1, 0.15) is 5.75 Å². The molecule has 0 saturated carbocycles. The summed E-state index contributed by atoms with van der Waals surface area (Å²) in [5, 5.41) is 8.84. The second-order valence-corrected chi connectivity index (χ2v) is 2.11. The van der Waals surface area contributed by atoms with Crippen molar-refractivity contribution in [2.45, 2.75) is 4.90 Å². The molecule has 0 heterocycles. The smallest absolute Gasteiger partial charge is 0.128 e. The van der Waals surface area contributed by atoms with Gasteiger partial charge in [-0.25, -0.2) is 4.94 Å². The van der Waals surface area contributed by atoms with Crippen molar-refractivity contribution in [3.63, 3.8) is 0 Å². The fraction of sp³-hybridized carbons (Fsp3) is 0. The lowest BCUT2D eigenvalue weighted by Gasteiger charge is -1.91. The predicted octanol–water partition coefficient (Wildman–Crippen LogP) is 0.431. The number of nitrogens with two attached hydrogens (primary N) is 2. The zero-order valence-electron chi connectivity index (χ0n) is 5.77. The molecule has 5 heteroatoms. The summed E-state index contributed by atoms with van der Waals surface area (Å²) in [4.78, 5) is 3.87. The number of rotatable bonds is 0. The van der Waals surface area contributed by atoms with Gasteiger partial charge in [0.2, 0.25) is 0 Å². The molecule has 62 valence electrons. The molecular formula is C6H10N2O2S. The lowest BCUT2D eigenvalue weighted by Crippen LogP contribution is -2.03. The van der Waals surface area contributed by atoms with Gasteiger partial charge in [-0.15, -0.1) is 12.6 Å². The zero-order valence-corrected chi connectivity index (χ0v) is 6.66. The maximum atomic E-state index is 8.84. The maximum Gasteiger partial charge on any atom is 0.128 e. The first-order valence-electron chi connectivity index (χ1n) is 2.75. The van der Waals surface area contributed by atoms with Crippen molar-refractivity contribution in [2.75, 3.05) is 0 Å². The van der Waals surface area contributed by atoms with Crippen LogP contribution in [0.3, 0.4) is 0 Å². The lowest BCUT2D eigenvalue weighted by atomic mass is 10.3. The zero-order chi connectivity index (χ0) is 8.69. The third-order valence-corrected chi connectivity index (χ3v) is 1.26. The van der Waals surface area contributed by atoms with E-state index in [0.717, 1.165) is 0 Å². The predicted molar refractivity (Wildman–Crippen MR) is 44.8 cm³/mol. The Hall–Kier alpha value is -0.750. The van der Waals surface area contributed by atoms with Gasteiger partial charge in [0.05, 0.1) is 0 Å². The lowest BCUT2D eigenvalue weighted by molar-refractivity contribution is 0.142. The molecule has 0 bridgehead atoms. The third-order valence-electron chi connectivity index (χ3n) is 0.882. The van der Waals surface area contributed by atoms with E-state index in [0.29, 0.717) is 4.90 Å². The van der Waals surface area contributed by atoms with Gasteiger partial charge in [0, 0.05) is 4.90 Å². The molecule has 4 nitrogen and oxygen atoms in total. The molecule has 1 rings (SSSR count). The molecule has 0 saturated heterocycles. The van der Waals surface area contributed by atoms with Crippen molar-refractivity contribution in [1.82, 2.24) is 0 Å². The van der Waals surface area contributed by atoms with E-state index in [1.54, 1.807) is 18.2 Å². The van der Waals surface area contributed by atoms with Crippen molar-refractivity contribution in [2.24, 2.45) is 11.8 Å².